The Morgan fingerprint density at radius 2 is 1.84 bits per heavy atom. The molecule has 164 valence electrons. The Morgan fingerprint density at radius 3 is 2.55 bits per heavy atom. The third-order valence-electron chi connectivity index (χ3n) is 4.61. The number of hydrogen-bond donors (Lipinski definition) is 2. The van der Waals surface area contributed by atoms with E-state index in [-0.39, 0.29) is 11.8 Å². The molecule has 9 heteroatoms. The molecule has 0 unspecified atom stereocenters. The highest BCUT2D eigenvalue weighted by molar-refractivity contribution is 9.10. The minimum atomic E-state index is -4.77. The number of nitrogens with zero attached hydrogens (tertiary/aromatic N) is 2. The number of benzene rings is 2. The van der Waals surface area contributed by atoms with Gasteiger partial charge in [0.15, 0.2) is 0 Å². The molecule has 31 heavy (non-hydrogen) atoms. The van der Waals surface area contributed by atoms with Crippen molar-refractivity contribution in [1.82, 2.24) is 9.97 Å². The molecule has 3 rings (SSSR count). The second-order valence-corrected chi connectivity index (χ2v) is 7.88. The van der Waals surface area contributed by atoms with Gasteiger partial charge in [-0.15, -0.1) is 13.2 Å². The summed E-state index contributed by atoms with van der Waals surface area (Å²) in [6, 6.07) is 13.3. The highest BCUT2D eigenvalue weighted by Crippen LogP contribution is 2.31. The normalized spacial score (nSPS) is 12.4. The van der Waals surface area contributed by atoms with Gasteiger partial charge in [-0.1, -0.05) is 41.1 Å². The van der Waals surface area contributed by atoms with Gasteiger partial charge in [0.05, 0.1) is 5.69 Å². The van der Waals surface area contributed by atoms with E-state index in [0.717, 1.165) is 22.1 Å². The Labute approximate surface area is 187 Å². The van der Waals surface area contributed by atoms with Crippen LogP contribution in [0, 0.1) is 6.92 Å². The van der Waals surface area contributed by atoms with Gasteiger partial charge in [-0.05, 0) is 50.1 Å². The molecule has 0 spiro atoms. The van der Waals surface area contributed by atoms with Crippen LogP contribution in [0.2, 0.25) is 0 Å². The minimum absolute atomic E-state index is 0.121. The first-order valence-electron chi connectivity index (χ1n) is 9.68. The van der Waals surface area contributed by atoms with Crippen molar-refractivity contribution in [2.45, 2.75) is 39.6 Å². The van der Waals surface area contributed by atoms with Gasteiger partial charge in [0.25, 0.3) is 0 Å². The monoisotopic (exact) mass is 494 g/mol. The summed E-state index contributed by atoms with van der Waals surface area (Å²) in [5.41, 5.74) is 2.79. The van der Waals surface area contributed by atoms with Gasteiger partial charge < -0.3 is 15.4 Å². The second kappa shape index (κ2) is 9.55. The first kappa shape index (κ1) is 22.9. The lowest BCUT2D eigenvalue weighted by molar-refractivity contribution is -0.274. The summed E-state index contributed by atoms with van der Waals surface area (Å²) in [6.45, 7) is 5.99. The zero-order valence-electron chi connectivity index (χ0n) is 17.2. The summed E-state index contributed by atoms with van der Waals surface area (Å²) in [4.78, 5) is 9.04. The van der Waals surface area contributed by atoms with E-state index < -0.39 is 6.36 Å². The average Bonchev–Trinajstić information content (AvgIpc) is 2.70. The van der Waals surface area contributed by atoms with Crippen LogP contribution in [-0.2, 0) is 0 Å². The number of anilines is 3. The molecule has 2 aromatic carbocycles. The van der Waals surface area contributed by atoms with E-state index in [9.17, 15) is 13.2 Å². The van der Waals surface area contributed by atoms with Crippen LogP contribution in [-0.4, -0.2) is 22.4 Å². The molecular weight excluding hydrogens is 473 g/mol. The molecule has 1 heterocycles. The zero-order chi connectivity index (χ0) is 22.6. The number of alkyl halides is 3. The molecule has 0 saturated heterocycles. The fourth-order valence-corrected chi connectivity index (χ4v) is 3.15. The molecule has 0 fully saturated rings. The largest absolute Gasteiger partial charge is 0.573 e. The van der Waals surface area contributed by atoms with Crippen LogP contribution in [0.25, 0.3) is 11.3 Å². The van der Waals surface area contributed by atoms with Crippen LogP contribution in [0.15, 0.2) is 53.0 Å². The zero-order valence-corrected chi connectivity index (χ0v) is 18.8. The van der Waals surface area contributed by atoms with Crippen LogP contribution >= 0.6 is 15.9 Å². The maximum atomic E-state index is 12.6. The fourth-order valence-electron chi connectivity index (χ4n) is 2.78. The highest BCUT2D eigenvalue weighted by atomic mass is 79.9. The van der Waals surface area contributed by atoms with Crippen LogP contribution in [0.4, 0.5) is 30.6 Å². The Bertz CT molecular complexity index is 1060. The maximum absolute atomic E-state index is 12.6. The Balaban J connectivity index is 2.01. The summed E-state index contributed by atoms with van der Waals surface area (Å²) < 4.78 is 42.9. The van der Waals surface area contributed by atoms with Crippen LogP contribution < -0.4 is 15.4 Å². The first-order chi connectivity index (χ1) is 14.6. The molecule has 2 N–H and O–H groups in total. The molecular formula is C22H22BrF3N4O. The van der Waals surface area contributed by atoms with Gasteiger partial charge >= 0.3 is 6.36 Å². The van der Waals surface area contributed by atoms with E-state index in [4.69, 9.17) is 0 Å². The summed E-state index contributed by atoms with van der Waals surface area (Å²) in [6.07, 6.45) is -3.91. The molecule has 3 aromatic rings. The third kappa shape index (κ3) is 6.33. The molecule has 1 aromatic heterocycles. The second-order valence-electron chi connectivity index (χ2n) is 7.03. The molecule has 0 bridgehead atoms. The third-order valence-corrected chi connectivity index (χ3v) is 5.47. The molecule has 0 aliphatic carbocycles. The molecule has 0 radical (unpaired) electrons. The predicted molar refractivity (Wildman–Crippen MR) is 120 cm³/mol. The number of ether oxygens (including phenoxy) is 1. The average molecular weight is 495 g/mol. The van der Waals surface area contributed by atoms with Crippen LogP contribution in [0.1, 0.15) is 25.8 Å². The van der Waals surface area contributed by atoms with Gasteiger partial charge in [-0.25, -0.2) is 4.98 Å². The smallest absolute Gasteiger partial charge is 0.406 e. The fraction of sp³-hybridized carbons (Fsp3) is 0.273. The van der Waals surface area contributed by atoms with Crippen molar-refractivity contribution in [3.8, 4) is 17.0 Å². The maximum Gasteiger partial charge on any atom is 0.573 e. The van der Waals surface area contributed by atoms with Gasteiger partial charge in [-0.2, -0.15) is 4.98 Å². The number of rotatable bonds is 7. The van der Waals surface area contributed by atoms with Gasteiger partial charge in [0.2, 0.25) is 5.95 Å². The Hall–Kier alpha value is -2.81. The quantitative estimate of drug-likeness (QED) is 0.367. The number of aromatic nitrogens is 2. The summed E-state index contributed by atoms with van der Waals surface area (Å²) in [5.74, 6) is 0.584. The number of halogens is 4. The van der Waals surface area contributed by atoms with Crippen molar-refractivity contribution in [3.63, 3.8) is 0 Å². The van der Waals surface area contributed by atoms with E-state index in [1.165, 1.54) is 18.2 Å². The van der Waals surface area contributed by atoms with Gasteiger partial charge in [-0.3, -0.25) is 0 Å². The molecule has 5 nitrogen and oxygen atoms in total. The van der Waals surface area contributed by atoms with Crippen molar-refractivity contribution in [3.05, 3.63) is 58.6 Å². The lowest BCUT2D eigenvalue weighted by Crippen LogP contribution is -2.17. The SMILES string of the molecule is CC[C@H](C)Nc1nc(Nc2cccc(Br)c2C)cc(-c2cccc(OC(F)(F)F)c2)n1. The van der Waals surface area contributed by atoms with Gasteiger partial charge in [0, 0.05) is 27.8 Å². The van der Waals surface area contributed by atoms with Crippen molar-refractivity contribution < 1.29 is 17.9 Å². The number of hydrogen-bond acceptors (Lipinski definition) is 5. The lowest BCUT2D eigenvalue weighted by atomic mass is 10.1. The number of nitrogens with one attached hydrogen (secondary N) is 2. The van der Waals surface area contributed by atoms with Crippen LogP contribution in [0.3, 0.4) is 0 Å². The van der Waals surface area contributed by atoms with Crippen molar-refractivity contribution in [2.24, 2.45) is 0 Å². The Morgan fingerprint density at radius 1 is 1.10 bits per heavy atom. The van der Waals surface area contributed by atoms with Gasteiger partial charge in [0.1, 0.15) is 11.6 Å². The highest BCUT2D eigenvalue weighted by Gasteiger charge is 2.31. The van der Waals surface area contributed by atoms with Crippen molar-refractivity contribution in [2.75, 3.05) is 10.6 Å². The minimum Gasteiger partial charge on any atom is -0.406 e. The molecule has 1 atom stereocenters. The van der Waals surface area contributed by atoms with Crippen molar-refractivity contribution >= 4 is 33.4 Å². The molecule has 0 saturated carbocycles. The standard InChI is InChI=1S/C22H22BrF3N4O/c1-4-13(2)27-21-29-19(15-7-5-8-16(11-15)31-22(24,25)26)12-20(30-21)28-18-10-6-9-17(23)14(18)3/h5-13H,4H2,1-3H3,(H2,27,28,29,30)/t13-/m0/s1. The van der Waals surface area contributed by atoms with Crippen LogP contribution in [0.5, 0.6) is 5.75 Å². The molecule has 0 aliphatic heterocycles. The first-order valence-corrected chi connectivity index (χ1v) is 10.5. The van der Waals surface area contributed by atoms with E-state index >= 15 is 0 Å². The van der Waals surface area contributed by atoms with Crippen molar-refractivity contribution in [1.29, 1.82) is 0 Å². The topological polar surface area (TPSA) is 59.1 Å². The molecule has 0 aliphatic rings. The van der Waals surface area contributed by atoms with E-state index in [0.29, 0.717) is 23.0 Å². The molecule has 0 amide bonds. The summed E-state index contributed by atoms with van der Waals surface area (Å²) in [5, 5.41) is 6.50. The van der Waals surface area contributed by atoms with E-state index in [1.807, 2.05) is 39.0 Å². The summed E-state index contributed by atoms with van der Waals surface area (Å²) >= 11 is 3.51. The Kier molecular flexibility index (Phi) is 7.04. The van der Waals surface area contributed by atoms with E-state index in [2.05, 4.69) is 41.3 Å². The predicted octanol–water partition coefficient (Wildman–Crippen LogP) is 7.07. The van der Waals surface area contributed by atoms with E-state index in [1.54, 1.807) is 12.1 Å². The lowest BCUT2D eigenvalue weighted by Gasteiger charge is -2.16. The summed E-state index contributed by atoms with van der Waals surface area (Å²) in [7, 11) is 0.